The lowest BCUT2D eigenvalue weighted by Gasteiger charge is -2.29. The molecule has 0 aromatic heterocycles. The molecule has 0 aliphatic carbocycles. The fourth-order valence-electron chi connectivity index (χ4n) is 2.07. The molecule has 0 amide bonds. The number of nitrogens with zero attached hydrogens (tertiary/aromatic N) is 1. The first-order valence-corrected chi connectivity index (χ1v) is 5.71. The summed E-state index contributed by atoms with van der Waals surface area (Å²) in [5.74, 6) is 6.40. The van der Waals surface area contributed by atoms with Gasteiger partial charge in [-0.15, -0.1) is 0 Å². The summed E-state index contributed by atoms with van der Waals surface area (Å²) in [6, 6.07) is 10.3. The van der Waals surface area contributed by atoms with Crippen LogP contribution in [0.25, 0.3) is 0 Å². The summed E-state index contributed by atoms with van der Waals surface area (Å²) in [7, 11) is 0. The van der Waals surface area contributed by atoms with E-state index in [0.717, 1.165) is 13.0 Å². The van der Waals surface area contributed by atoms with Crippen molar-refractivity contribution in [3.8, 4) is 0 Å². The number of hydrogen-bond acceptors (Lipinski definition) is 1. The van der Waals surface area contributed by atoms with E-state index in [-0.39, 0.29) is 0 Å². The van der Waals surface area contributed by atoms with Crippen LogP contribution in [0.2, 0.25) is 0 Å². The van der Waals surface area contributed by atoms with Crippen LogP contribution in [-0.2, 0) is 0 Å². The number of benzene rings is 1. The van der Waals surface area contributed by atoms with Gasteiger partial charge in [-0.05, 0) is 31.8 Å². The molecular weight excluding hydrogens is 184 g/mol. The normalized spacial score (nSPS) is 27.0. The minimum absolute atomic E-state index is 0.459. The summed E-state index contributed by atoms with van der Waals surface area (Å²) in [6.07, 6.45) is 9.29. The highest BCUT2D eigenvalue weighted by atomic mass is 15.6. The molecule has 1 unspecified atom stereocenters. The molecule has 1 aromatic rings. The molecular formula is C13H19N2+. The lowest BCUT2D eigenvalue weighted by atomic mass is 10.1. The third-order valence-electron chi connectivity index (χ3n) is 3.01. The highest BCUT2D eigenvalue weighted by Crippen LogP contribution is 2.22. The van der Waals surface area contributed by atoms with Gasteiger partial charge in [0, 0.05) is 12.1 Å². The van der Waals surface area contributed by atoms with Crippen LogP contribution in [0.15, 0.2) is 42.6 Å². The van der Waals surface area contributed by atoms with Gasteiger partial charge in [-0.25, -0.2) is 0 Å². The van der Waals surface area contributed by atoms with E-state index in [9.17, 15) is 0 Å². The van der Waals surface area contributed by atoms with E-state index >= 15 is 0 Å². The minimum Gasteiger partial charge on any atom is -0.191 e. The molecule has 1 heterocycles. The Bertz CT molecular complexity index is 332. The molecule has 0 saturated carbocycles. The van der Waals surface area contributed by atoms with E-state index in [1.165, 1.54) is 24.9 Å². The molecule has 0 saturated heterocycles. The number of hydrogen-bond donors (Lipinski definition) is 1. The Hall–Kier alpha value is -1.12. The first-order valence-electron chi connectivity index (χ1n) is 5.71. The van der Waals surface area contributed by atoms with Crippen molar-refractivity contribution in [3.05, 3.63) is 42.6 Å². The Morgan fingerprint density at radius 2 is 1.80 bits per heavy atom. The fourth-order valence-corrected chi connectivity index (χ4v) is 2.07. The highest BCUT2D eigenvalue weighted by Gasteiger charge is 2.23. The number of nitrogens with two attached hydrogens (primary N) is 1. The summed E-state index contributed by atoms with van der Waals surface area (Å²) in [4.78, 5) is 0. The largest absolute Gasteiger partial charge is 0.191 e. The second-order valence-corrected chi connectivity index (χ2v) is 4.22. The zero-order chi connectivity index (χ0) is 10.6. The summed E-state index contributed by atoms with van der Waals surface area (Å²) >= 11 is 0. The SMILES string of the molecule is N[N+]1(c2ccccc2)C=CCCCCC1. The maximum Gasteiger partial charge on any atom is 0.156 e. The van der Waals surface area contributed by atoms with E-state index < -0.39 is 0 Å². The average Bonchev–Trinajstić information content (AvgIpc) is 2.25. The van der Waals surface area contributed by atoms with Gasteiger partial charge in [-0.1, -0.05) is 18.2 Å². The highest BCUT2D eigenvalue weighted by molar-refractivity contribution is 5.43. The molecule has 0 spiro atoms. The second-order valence-electron chi connectivity index (χ2n) is 4.22. The van der Waals surface area contributed by atoms with Gasteiger partial charge in [0.15, 0.2) is 5.69 Å². The first kappa shape index (κ1) is 10.4. The van der Waals surface area contributed by atoms with Gasteiger partial charge < -0.3 is 0 Å². The van der Waals surface area contributed by atoms with Crippen molar-refractivity contribution in [1.29, 1.82) is 0 Å². The van der Waals surface area contributed by atoms with Crippen molar-refractivity contribution in [3.63, 3.8) is 0 Å². The Balaban J connectivity index is 2.26. The average molecular weight is 203 g/mol. The van der Waals surface area contributed by atoms with E-state index in [0.29, 0.717) is 4.59 Å². The van der Waals surface area contributed by atoms with E-state index in [1.54, 1.807) is 0 Å². The van der Waals surface area contributed by atoms with Crippen LogP contribution < -0.4 is 10.4 Å². The molecule has 0 fully saturated rings. The van der Waals surface area contributed by atoms with Crippen LogP contribution in [0.3, 0.4) is 0 Å². The molecule has 2 nitrogen and oxygen atoms in total. The zero-order valence-electron chi connectivity index (χ0n) is 9.10. The molecule has 1 aliphatic rings. The number of para-hydroxylation sites is 1. The van der Waals surface area contributed by atoms with Gasteiger partial charge in [0.25, 0.3) is 0 Å². The molecule has 1 aromatic carbocycles. The van der Waals surface area contributed by atoms with Gasteiger partial charge in [-0.3, -0.25) is 0 Å². The van der Waals surface area contributed by atoms with Crippen molar-refractivity contribution < 1.29 is 0 Å². The van der Waals surface area contributed by atoms with Gasteiger partial charge in [-0.2, -0.15) is 10.4 Å². The lowest BCUT2D eigenvalue weighted by Crippen LogP contribution is -2.51. The van der Waals surface area contributed by atoms with Crippen molar-refractivity contribution in [2.24, 2.45) is 5.84 Å². The lowest BCUT2D eigenvalue weighted by molar-refractivity contribution is 0.363. The summed E-state index contributed by atoms with van der Waals surface area (Å²) in [5, 5.41) is 0. The van der Waals surface area contributed by atoms with Crippen LogP contribution in [0, 0.1) is 0 Å². The molecule has 1 aliphatic heterocycles. The summed E-state index contributed by atoms with van der Waals surface area (Å²) in [5.41, 5.74) is 1.18. The molecule has 0 radical (unpaired) electrons. The molecule has 15 heavy (non-hydrogen) atoms. The Morgan fingerprint density at radius 3 is 2.60 bits per heavy atom. The second kappa shape index (κ2) is 4.60. The molecule has 80 valence electrons. The number of quaternary nitrogens is 1. The third-order valence-corrected chi connectivity index (χ3v) is 3.01. The maximum absolute atomic E-state index is 6.40. The van der Waals surface area contributed by atoms with Crippen LogP contribution in [0.5, 0.6) is 0 Å². The topological polar surface area (TPSA) is 26.0 Å². The van der Waals surface area contributed by atoms with Crippen molar-refractivity contribution >= 4 is 5.69 Å². The molecule has 1 atom stereocenters. The monoisotopic (exact) mass is 203 g/mol. The van der Waals surface area contributed by atoms with E-state index in [2.05, 4.69) is 36.5 Å². The standard InChI is InChI=1S/C13H19N2/c14-15(13-9-5-4-6-10-13)11-7-2-1-3-8-12-15/h4-7,9-11H,1-3,8,12,14H2/q+1. The van der Waals surface area contributed by atoms with Gasteiger partial charge in [0.1, 0.15) is 12.7 Å². The Kier molecular flexibility index (Phi) is 3.19. The third kappa shape index (κ3) is 2.46. The van der Waals surface area contributed by atoms with Crippen LogP contribution >= 0.6 is 0 Å². The van der Waals surface area contributed by atoms with Gasteiger partial charge in [0.05, 0.1) is 0 Å². The number of allylic oxidation sites excluding steroid dienone is 1. The fraction of sp³-hybridized carbons (Fsp3) is 0.385. The minimum atomic E-state index is 0.459. The molecule has 2 rings (SSSR count). The van der Waals surface area contributed by atoms with E-state index in [4.69, 9.17) is 5.84 Å². The molecule has 2 heteroatoms. The van der Waals surface area contributed by atoms with Crippen LogP contribution in [0.4, 0.5) is 5.69 Å². The van der Waals surface area contributed by atoms with Gasteiger partial charge in [0.2, 0.25) is 0 Å². The number of rotatable bonds is 1. The summed E-state index contributed by atoms with van der Waals surface area (Å²) < 4.78 is 0.459. The quantitative estimate of drug-likeness (QED) is 0.551. The van der Waals surface area contributed by atoms with Crippen LogP contribution in [0.1, 0.15) is 25.7 Å². The maximum atomic E-state index is 6.40. The predicted molar refractivity (Wildman–Crippen MR) is 64.9 cm³/mol. The van der Waals surface area contributed by atoms with Gasteiger partial charge >= 0.3 is 0 Å². The first-order chi connectivity index (χ1) is 7.31. The van der Waals surface area contributed by atoms with E-state index in [1.807, 2.05) is 6.07 Å². The summed E-state index contributed by atoms with van der Waals surface area (Å²) in [6.45, 7) is 1.00. The van der Waals surface area contributed by atoms with Crippen molar-refractivity contribution in [2.45, 2.75) is 25.7 Å². The Labute approximate surface area is 91.6 Å². The van der Waals surface area contributed by atoms with Crippen molar-refractivity contribution in [2.75, 3.05) is 6.54 Å². The zero-order valence-corrected chi connectivity index (χ0v) is 9.10. The molecule has 2 N–H and O–H groups in total. The van der Waals surface area contributed by atoms with Crippen molar-refractivity contribution in [1.82, 2.24) is 4.59 Å². The predicted octanol–water partition coefficient (Wildman–Crippen LogP) is 2.96. The molecule has 0 bridgehead atoms. The smallest absolute Gasteiger partial charge is 0.156 e. The Morgan fingerprint density at radius 1 is 1.00 bits per heavy atom. The van der Waals surface area contributed by atoms with Crippen LogP contribution in [-0.4, -0.2) is 6.54 Å².